The van der Waals surface area contributed by atoms with Gasteiger partial charge in [0.1, 0.15) is 5.38 Å². The number of halogens is 1. The molecule has 0 rings (SSSR count). The van der Waals surface area contributed by atoms with E-state index in [1.165, 1.54) is 0 Å². The van der Waals surface area contributed by atoms with E-state index in [2.05, 4.69) is 13.8 Å². The van der Waals surface area contributed by atoms with Crippen LogP contribution in [0.4, 0.5) is 0 Å². The molecule has 1 atom stereocenters. The third kappa shape index (κ3) is 4.62. The van der Waals surface area contributed by atoms with Crippen LogP contribution in [0.3, 0.4) is 0 Å². The van der Waals surface area contributed by atoms with Crippen LogP contribution in [-0.4, -0.2) is 11.3 Å². The zero-order valence-corrected chi connectivity index (χ0v) is 7.19. The molecule has 3 heteroatoms. The second-order valence-electron chi connectivity index (χ2n) is 2.84. The van der Waals surface area contributed by atoms with E-state index in [-0.39, 0.29) is 0 Å². The third-order valence-corrected chi connectivity index (χ3v) is 1.74. The van der Waals surface area contributed by atoms with Crippen molar-refractivity contribution in [2.45, 2.75) is 32.1 Å². The Morgan fingerprint density at radius 3 is 2.30 bits per heavy atom. The van der Waals surface area contributed by atoms with Crippen LogP contribution >= 0.6 is 11.6 Å². The Kier molecular flexibility index (Phi) is 4.45. The van der Waals surface area contributed by atoms with E-state index in [1.807, 2.05) is 0 Å². The van der Waals surface area contributed by atoms with Crippen LogP contribution in [0.1, 0.15) is 26.7 Å². The van der Waals surface area contributed by atoms with Crippen LogP contribution in [-0.2, 0) is 4.79 Å². The van der Waals surface area contributed by atoms with Gasteiger partial charge >= 0.3 is 0 Å². The molecule has 1 amide bonds. The number of rotatable bonds is 4. The van der Waals surface area contributed by atoms with E-state index in [4.69, 9.17) is 17.3 Å². The Hall–Kier alpha value is -0.240. The average molecular weight is 164 g/mol. The summed E-state index contributed by atoms with van der Waals surface area (Å²) in [7, 11) is 0. The van der Waals surface area contributed by atoms with E-state index in [0.29, 0.717) is 12.3 Å². The summed E-state index contributed by atoms with van der Waals surface area (Å²) in [4.78, 5) is 10.4. The molecule has 0 fully saturated rings. The molecular weight excluding hydrogens is 150 g/mol. The molecule has 0 heterocycles. The molecule has 0 aromatic heterocycles. The highest BCUT2D eigenvalue weighted by molar-refractivity contribution is 6.30. The second-order valence-corrected chi connectivity index (χ2v) is 3.37. The molecule has 10 heavy (non-hydrogen) atoms. The van der Waals surface area contributed by atoms with Gasteiger partial charge in [0.2, 0.25) is 5.91 Å². The van der Waals surface area contributed by atoms with Crippen molar-refractivity contribution in [1.82, 2.24) is 0 Å². The van der Waals surface area contributed by atoms with Crippen LogP contribution < -0.4 is 5.73 Å². The number of primary amides is 1. The second kappa shape index (κ2) is 4.56. The molecule has 60 valence electrons. The zero-order valence-electron chi connectivity index (χ0n) is 6.43. The summed E-state index contributed by atoms with van der Waals surface area (Å²) in [5.74, 6) is 0.169. The minimum atomic E-state index is -0.484. The van der Waals surface area contributed by atoms with E-state index in [9.17, 15) is 4.79 Å². The first-order valence-corrected chi connectivity index (χ1v) is 3.91. The van der Waals surface area contributed by atoms with Crippen molar-refractivity contribution in [3.05, 3.63) is 0 Å². The van der Waals surface area contributed by atoms with Crippen LogP contribution in [0.2, 0.25) is 0 Å². The number of amides is 1. The zero-order chi connectivity index (χ0) is 8.15. The van der Waals surface area contributed by atoms with Gasteiger partial charge in [-0.2, -0.15) is 0 Å². The Bertz CT molecular complexity index is 114. The molecule has 0 spiro atoms. The highest BCUT2D eigenvalue weighted by atomic mass is 35.5. The molecule has 2 nitrogen and oxygen atoms in total. The third-order valence-electron chi connectivity index (χ3n) is 1.31. The van der Waals surface area contributed by atoms with E-state index in [0.717, 1.165) is 6.42 Å². The Morgan fingerprint density at radius 1 is 1.50 bits per heavy atom. The van der Waals surface area contributed by atoms with E-state index < -0.39 is 11.3 Å². The van der Waals surface area contributed by atoms with E-state index >= 15 is 0 Å². The number of hydrogen-bond donors (Lipinski definition) is 1. The average Bonchev–Trinajstić information content (AvgIpc) is 1.82. The maximum atomic E-state index is 10.4. The first-order chi connectivity index (χ1) is 4.54. The highest BCUT2D eigenvalue weighted by Gasteiger charge is 2.10. The maximum Gasteiger partial charge on any atom is 0.235 e. The van der Waals surface area contributed by atoms with Gasteiger partial charge in [0.05, 0.1) is 0 Å². The first-order valence-electron chi connectivity index (χ1n) is 3.47. The molecular formula is C7H14ClNO. The lowest BCUT2D eigenvalue weighted by atomic mass is 10.1. The summed E-state index contributed by atoms with van der Waals surface area (Å²) in [6.45, 7) is 4.18. The van der Waals surface area contributed by atoms with Gasteiger partial charge in [0.15, 0.2) is 0 Å². The van der Waals surface area contributed by atoms with Crippen LogP contribution in [0, 0.1) is 5.92 Å². The minimum absolute atomic E-state index is 0.415. The van der Waals surface area contributed by atoms with Gasteiger partial charge in [-0.15, -0.1) is 11.6 Å². The monoisotopic (exact) mass is 163 g/mol. The fraction of sp³-hybridized carbons (Fsp3) is 0.857. The molecule has 0 aliphatic rings. The summed E-state index contributed by atoms with van der Waals surface area (Å²) in [5, 5.41) is -0.484. The Morgan fingerprint density at radius 2 is 2.00 bits per heavy atom. The lowest BCUT2D eigenvalue weighted by molar-refractivity contribution is -0.117. The predicted molar refractivity (Wildman–Crippen MR) is 42.9 cm³/mol. The fourth-order valence-corrected chi connectivity index (χ4v) is 0.748. The summed E-state index contributed by atoms with van der Waals surface area (Å²) in [5.41, 5.74) is 4.95. The van der Waals surface area contributed by atoms with Crippen molar-refractivity contribution in [3.8, 4) is 0 Å². The van der Waals surface area contributed by atoms with E-state index in [1.54, 1.807) is 0 Å². The summed E-state index contributed by atoms with van der Waals surface area (Å²) < 4.78 is 0. The van der Waals surface area contributed by atoms with Gasteiger partial charge in [-0.25, -0.2) is 0 Å². The van der Waals surface area contributed by atoms with Gasteiger partial charge in [-0.3, -0.25) is 4.79 Å². The van der Waals surface area contributed by atoms with Crippen molar-refractivity contribution in [2.75, 3.05) is 0 Å². The van der Waals surface area contributed by atoms with Crippen molar-refractivity contribution in [2.24, 2.45) is 11.7 Å². The predicted octanol–water partition coefficient (Wildman–Crippen LogP) is 1.52. The maximum absolute atomic E-state index is 10.4. The van der Waals surface area contributed by atoms with Gasteiger partial charge < -0.3 is 5.73 Å². The van der Waals surface area contributed by atoms with Crippen molar-refractivity contribution in [3.63, 3.8) is 0 Å². The topological polar surface area (TPSA) is 43.1 Å². The number of carbonyl (C=O) groups is 1. The lowest BCUT2D eigenvalue weighted by Gasteiger charge is -2.06. The molecule has 0 aliphatic heterocycles. The lowest BCUT2D eigenvalue weighted by Crippen LogP contribution is -2.23. The fourth-order valence-electron chi connectivity index (χ4n) is 0.622. The highest BCUT2D eigenvalue weighted by Crippen LogP contribution is 2.10. The molecule has 0 aromatic rings. The molecule has 0 aliphatic carbocycles. The van der Waals surface area contributed by atoms with Crippen LogP contribution in [0.25, 0.3) is 0 Å². The number of alkyl halides is 1. The van der Waals surface area contributed by atoms with Crippen molar-refractivity contribution in [1.29, 1.82) is 0 Å². The molecule has 2 N–H and O–H groups in total. The van der Waals surface area contributed by atoms with Crippen molar-refractivity contribution < 1.29 is 4.79 Å². The largest absolute Gasteiger partial charge is 0.368 e. The summed E-state index contributed by atoms with van der Waals surface area (Å²) in [6.07, 6.45) is 1.64. The van der Waals surface area contributed by atoms with Crippen LogP contribution in [0.15, 0.2) is 0 Å². The molecule has 0 aromatic carbocycles. The smallest absolute Gasteiger partial charge is 0.235 e. The van der Waals surface area contributed by atoms with Gasteiger partial charge in [-0.1, -0.05) is 13.8 Å². The SMILES string of the molecule is CC(C)CCC(Cl)C(N)=O. The molecule has 1 unspecified atom stereocenters. The number of carbonyl (C=O) groups excluding carboxylic acids is 1. The Labute approximate surface area is 66.7 Å². The normalized spacial score (nSPS) is 13.6. The van der Waals surface area contributed by atoms with Crippen LogP contribution in [0.5, 0.6) is 0 Å². The molecule has 0 saturated heterocycles. The summed E-state index contributed by atoms with van der Waals surface area (Å²) >= 11 is 5.59. The van der Waals surface area contributed by atoms with Gasteiger partial charge in [-0.05, 0) is 18.8 Å². The minimum Gasteiger partial charge on any atom is -0.368 e. The van der Waals surface area contributed by atoms with Gasteiger partial charge in [0, 0.05) is 0 Å². The Balaban J connectivity index is 3.40. The number of nitrogens with two attached hydrogens (primary N) is 1. The first kappa shape index (κ1) is 9.76. The summed E-state index contributed by atoms with van der Waals surface area (Å²) in [6, 6.07) is 0. The van der Waals surface area contributed by atoms with Gasteiger partial charge in [0.25, 0.3) is 0 Å². The van der Waals surface area contributed by atoms with Crippen molar-refractivity contribution >= 4 is 17.5 Å². The quantitative estimate of drug-likeness (QED) is 0.628. The molecule has 0 radical (unpaired) electrons. The molecule has 0 saturated carbocycles. The molecule has 0 bridgehead atoms. The standard InChI is InChI=1S/C7H14ClNO/c1-5(2)3-4-6(8)7(9)10/h5-6H,3-4H2,1-2H3,(H2,9,10). The number of hydrogen-bond acceptors (Lipinski definition) is 1.